The Kier molecular flexibility index (Phi) is 6.40. The van der Waals surface area contributed by atoms with Crippen LogP contribution >= 0.6 is 23.5 Å². The van der Waals surface area contributed by atoms with E-state index in [0.717, 1.165) is 5.56 Å². The Morgan fingerprint density at radius 1 is 1.22 bits per heavy atom. The van der Waals surface area contributed by atoms with Crippen LogP contribution in [0.3, 0.4) is 0 Å². The summed E-state index contributed by atoms with van der Waals surface area (Å²) in [6.07, 6.45) is 3.32. The van der Waals surface area contributed by atoms with Gasteiger partial charge in [-0.05, 0) is 36.4 Å². The molecule has 0 saturated carbocycles. The van der Waals surface area contributed by atoms with E-state index >= 15 is 0 Å². The van der Waals surface area contributed by atoms with E-state index in [1.54, 1.807) is 54.3 Å². The van der Waals surface area contributed by atoms with Crippen LogP contribution in [0, 0.1) is 0 Å². The maximum absolute atomic E-state index is 12.5. The van der Waals surface area contributed by atoms with E-state index in [9.17, 15) is 13.6 Å². The summed E-state index contributed by atoms with van der Waals surface area (Å²) < 4.78 is 26.9. The number of alkyl halides is 2. The van der Waals surface area contributed by atoms with Crippen molar-refractivity contribution in [1.29, 1.82) is 0 Å². The van der Waals surface area contributed by atoms with Crippen LogP contribution < -0.4 is 5.32 Å². The minimum atomic E-state index is -2.48. The number of pyridine rings is 1. The topological polar surface area (TPSA) is 72.7 Å². The van der Waals surface area contributed by atoms with E-state index in [1.807, 2.05) is 6.07 Å². The quantitative estimate of drug-likeness (QED) is 0.605. The molecule has 1 aromatic carbocycles. The molecule has 140 valence electrons. The van der Waals surface area contributed by atoms with Crippen molar-refractivity contribution in [2.75, 3.05) is 12.8 Å². The third-order valence-corrected chi connectivity index (χ3v) is 5.14. The number of hydrogen-bond acceptors (Lipinski definition) is 6. The molecule has 0 bridgehead atoms. The molecule has 0 radical (unpaired) electrons. The zero-order valence-corrected chi connectivity index (χ0v) is 15.8. The van der Waals surface area contributed by atoms with Gasteiger partial charge >= 0.3 is 0 Å². The lowest BCUT2D eigenvalue weighted by Gasteiger charge is -2.11. The largest absolute Gasteiger partial charge is 0.358 e. The molecule has 3 rings (SSSR count). The number of carbonyl (C=O) groups excluding carboxylic acids is 1. The van der Waals surface area contributed by atoms with E-state index in [1.165, 1.54) is 11.8 Å². The molecule has 0 saturated heterocycles. The van der Waals surface area contributed by atoms with Gasteiger partial charge in [-0.15, -0.1) is 10.2 Å². The first-order valence-electron chi connectivity index (χ1n) is 7.83. The molecule has 2 heterocycles. The number of amides is 1. The highest BCUT2D eigenvalue weighted by atomic mass is 32.2. The summed E-state index contributed by atoms with van der Waals surface area (Å²) in [5.74, 6) is -1.88. The number of carbonyl (C=O) groups is 1. The van der Waals surface area contributed by atoms with E-state index in [0.29, 0.717) is 33.3 Å². The lowest BCUT2D eigenvalue weighted by Crippen LogP contribution is -2.20. The molecule has 0 spiro atoms. The van der Waals surface area contributed by atoms with Crippen LogP contribution in [0.2, 0.25) is 0 Å². The monoisotopic (exact) mass is 407 g/mol. The van der Waals surface area contributed by atoms with Crippen LogP contribution in [0.1, 0.15) is 0 Å². The van der Waals surface area contributed by atoms with Crippen molar-refractivity contribution < 1.29 is 13.6 Å². The van der Waals surface area contributed by atoms with Gasteiger partial charge in [0.05, 0.1) is 5.75 Å². The third kappa shape index (κ3) is 4.83. The predicted octanol–water partition coefficient (Wildman–Crippen LogP) is 3.48. The van der Waals surface area contributed by atoms with Crippen molar-refractivity contribution in [2.24, 2.45) is 0 Å². The molecule has 0 aliphatic carbocycles. The first-order chi connectivity index (χ1) is 13.1. The standard InChI is InChI=1S/C17H15F2N5OS2/c1-20-14(25)10-26-17-23-22-15(11-3-2-8-21-9-11)24(17)12-4-6-13(7-5-12)27-16(18)19/h2-9,16H,10H2,1H3,(H,20,25). The average Bonchev–Trinajstić information content (AvgIpc) is 3.11. The molecule has 0 atom stereocenters. The first kappa shape index (κ1) is 19.3. The number of halogens is 2. The second kappa shape index (κ2) is 8.96. The SMILES string of the molecule is CNC(=O)CSc1nnc(-c2cccnc2)n1-c1ccc(SC(F)F)cc1. The molecule has 3 aromatic rings. The maximum atomic E-state index is 12.5. The van der Waals surface area contributed by atoms with Crippen LogP contribution in [0.5, 0.6) is 0 Å². The van der Waals surface area contributed by atoms with E-state index < -0.39 is 5.76 Å². The summed E-state index contributed by atoms with van der Waals surface area (Å²) in [4.78, 5) is 16.1. The zero-order valence-electron chi connectivity index (χ0n) is 14.2. The summed E-state index contributed by atoms with van der Waals surface area (Å²) >= 11 is 1.72. The fourth-order valence-electron chi connectivity index (χ4n) is 2.26. The highest BCUT2D eigenvalue weighted by Gasteiger charge is 2.17. The minimum absolute atomic E-state index is 0.138. The molecule has 0 aliphatic heterocycles. The number of thioether (sulfide) groups is 2. The minimum Gasteiger partial charge on any atom is -0.358 e. The van der Waals surface area contributed by atoms with Gasteiger partial charge in [-0.1, -0.05) is 23.5 Å². The van der Waals surface area contributed by atoms with Crippen LogP contribution in [0.4, 0.5) is 8.78 Å². The van der Waals surface area contributed by atoms with Gasteiger partial charge in [0.2, 0.25) is 5.91 Å². The van der Waals surface area contributed by atoms with Crippen LogP contribution in [-0.4, -0.2) is 44.2 Å². The maximum Gasteiger partial charge on any atom is 0.288 e. The molecule has 1 amide bonds. The molecular weight excluding hydrogens is 392 g/mol. The Morgan fingerprint density at radius 2 is 2.00 bits per heavy atom. The number of rotatable bonds is 7. The first-order valence-corrected chi connectivity index (χ1v) is 9.69. The van der Waals surface area contributed by atoms with Crippen molar-refractivity contribution in [2.45, 2.75) is 15.8 Å². The molecule has 0 aliphatic rings. The van der Waals surface area contributed by atoms with E-state index in [4.69, 9.17) is 0 Å². The molecule has 27 heavy (non-hydrogen) atoms. The highest BCUT2D eigenvalue weighted by molar-refractivity contribution is 8.00. The van der Waals surface area contributed by atoms with Gasteiger partial charge in [0.25, 0.3) is 5.76 Å². The molecular formula is C17H15F2N5OS2. The van der Waals surface area contributed by atoms with Crippen LogP contribution in [0.25, 0.3) is 17.1 Å². The summed E-state index contributed by atoms with van der Waals surface area (Å²) in [5, 5.41) is 11.5. The lowest BCUT2D eigenvalue weighted by molar-refractivity contribution is -0.118. The Bertz CT molecular complexity index is 903. The lowest BCUT2D eigenvalue weighted by atomic mass is 10.2. The van der Waals surface area contributed by atoms with E-state index in [2.05, 4.69) is 20.5 Å². The Balaban J connectivity index is 1.99. The molecule has 10 heteroatoms. The number of nitrogens with one attached hydrogen (secondary N) is 1. The fraction of sp³-hybridized carbons (Fsp3) is 0.176. The molecule has 0 unspecified atom stereocenters. The van der Waals surface area contributed by atoms with Gasteiger partial charge in [-0.2, -0.15) is 8.78 Å². The number of aromatic nitrogens is 4. The molecule has 2 aromatic heterocycles. The normalized spacial score (nSPS) is 11.0. The number of nitrogens with zero attached hydrogens (tertiary/aromatic N) is 4. The van der Waals surface area contributed by atoms with Gasteiger partial charge in [0.15, 0.2) is 11.0 Å². The summed E-state index contributed by atoms with van der Waals surface area (Å²) in [6, 6.07) is 10.3. The van der Waals surface area contributed by atoms with Gasteiger partial charge in [0, 0.05) is 35.6 Å². The summed E-state index contributed by atoms with van der Waals surface area (Å²) in [6.45, 7) is 0. The predicted molar refractivity (Wildman–Crippen MR) is 101 cm³/mol. The second-order valence-electron chi connectivity index (χ2n) is 5.22. The van der Waals surface area contributed by atoms with Gasteiger partial charge < -0.3 is 5.32 Å². The van der Waals surface area contributed by atoms with Gasteiger partial charge in [0.1, 0.15) is 0 Å². The van der Waals surface area contributed by atoms with Crippen molar-refractivity contribution in [3.05, 3.63) is 48.8 Å². The Morgan fingerprint density at radius 3 is 2.63 bits per heavy atom. The van der Waals surface area contributed by atoms with Crippen molar-refractivity contribution in [3.63, 3.8) is 0 Å². The third-order valence-electron chi connectivity index (χ3n) is 3.48. The average molecular weight is 407 g/mol. The Hall–Kier alpha value is -2.46. The fourth-order valence-corrected chi connectivity index (χ4v) is 3.58. The van der Waals surface area contributed by atoms with Crippen LogP contribution in [0.15, 0.2) is 58.8 Å². The zero-order chi connectivity index (χ0) is 19.2. The summed E-state index contributed by atoms with van der Waals surface area (Å²) in [7, 11) is 1.56. The van der Waals surface area contributed by atoms with Crippen molar-refractivity contribution in [1.82, 2.24) is 25.1 Å². The smallest absolute Gasteiger partial charge is 0.288 e. The number of hydrogen-bond donors (Lipinski definition) is 1. The van der Waals surface area contributed by atoms with E-state index in [-0.39, 0.29) is 11.7 Å². The van der Waals surface area contributed by atoms with Crippen LogP contribution in [-0.2, 0) is 4.79 Å². The Labute approximate surface area is 162 Å². The molecule has 6 nitrogen and oxygen atoms in total. The second-order valence-corrected chi connectivity index (χ2v) is 7.22. The summed E-state index contributed by atoms with van der Waals surface area (Å²) in [5.41, 5.74) is 1.46. The van der Waals surface area contributed by atoms with Crippen molar-refractivity contribution in [3.8, 4) is 17.1 Å². The molecule has 1 N–H and O–H groups in total. The van der Waals surface area contributed by atoms with Gasteiger partial charge in [-0.3, -0.25) is 14.3 Å². The van der Waals surface area contributed by atoms with Crippen molar-refractivity contribution >= 4 is 29.4 Å². The van der Waals surface area contributed by atoms with Gasteiger partial charge in [-0.25, -0.2) is 0 Å². The number of benzene rings is 1. The highest BCUT2D eigenvalue weighted by Crippen LogP contribution is 2.30. The molecule has 0 fully saturated rings.